The maximum atomic E-state index is 13.7. The van der Waals surface area contributed by atoms with Crippen LogP contribution in [0.1, 0.15) is 61.8 Å². The molecule has 1 aliphatic carbocycles. The number of nitrogens with two attached hydrogens (primary N) is 1. The van der Waals surface area contributed by atoms with Gasteiger partial charge in [-0.05, 0) is 73.8 Å². The topological polar surface area (TPSA) is 158 Å². The van der Waals surface area contributed by atoms with E-state index in [-0.39, 0.29) is 29.5 Å². The second kappa shape index (κ2) is 15.0. The monoisotopic (exact) mass is 590 g/mol. The van der Waals surface area contributed by atoms with E-state index >= 15 is 0 Å². The third-order valence-corrected chi connectivity index (χ3v) is 8.03. The van der Waals surface area contributed by atoms with Crippen LogP contribution in [0.4, 0.5) is 0 Å². The van der Waals surface area contributed by atoms with Gasteiger partial charge in [-0.2, -0.15) is 0 Å². The summed E-state index contributed by atoms with van der Waals surface area (Å²) in [6.45, 7) is 6.91. The van der Waals surface area contributed by atoms with Crippen LogP contribution in [0.15, 0.2) is 42.5 Å². The zero-order chi connectivity index (χ0) is 30.9. The van der Waals surface area contributed by atoms with Crippen molar-refractivity contribution in [3.63, 3.8) is 0 Å². The van der Waals surface area contributed by atoms with Crippen molar-refractivity contribution in [1.29, 1.82) is 5.41 Å². The number of hydrogen-bond donors (Lipinski definition) is 6. The summed E-state index contributed by atoms with van der Waals surface area (Å²) in [6, 6.07) is 11.4. The largest absolute Gasteiger partial charge is 0.492 e. The molecule has 1 aliphatic heterocycles. The second-order valence-electron chi connectivity index (χ2n) is 12.1. The first-order valence-electron chi connectivity index (χ1n) is 15.4. The Hall–Kier alpha value is -3.92. The summed E-state index contributed by atoms with van der Waals surface area (Å²) >= 11 is 0. The number of rotatable bonds is 6. The Balaban J connectivity index is 1.59. The van der Waals surface area contributed by atoms with Crippen molar-refractivity contribution >= 4 is 23.6 Å². The van der Waals surface area contributed by atoms with E-state index in [1.54, 1.807) is 6.07 Å². The molecule has 0 spiro atoms. The number of hydrogen-bond acceptors (Lipinski definition) is 6. The zero-order valence-corrected chi connectivity index (χ0v) is 25.5. The molecule has 3 atom stereocenters. The highest BCUT2D eigenvalue weighted by Gasteiger charge is 2.34. The van der Waals surface area contributed by atoms with Gasteiger partial charge in [0.25, 0.3) is 0 Å². The van der Waals surface area contributed by atoms with Gasteiger partial charge in [0.1, 0.15) is 30.3 Å². The minimum absolute atomic E-state index is 0.0272. The molecular formula is C33H46N6O4. The van der Waals surface area contributed by atoms with Crippen LogP contribution in [0.5, 0.6) is 5.75 Å². The summed E-state index contributed by atoms with van der Waals surface area (Å²) < 4.78 is 6.13. The molecule has 2 aromatic rings. The van der Waals surface area contributed by atoms with E-state index in [0.29, 0.717) is 62.6 Å². The Bertz CT molecular complexity index is 1310. The lowest BCUT2D eigenvalue weighted by atomic mass is 9.99. The highest BCUT2D eigenvalue weighted by molar-refractivity contribution is 5.95. The Morgan fingerprint density at radius 2 is 1.79 bits per heavy atom. The summed E-state index contributed by atoms with van der Waals surface area (Å²) in [4.78, 5) is 40.4. The highest BCUT2D eigenvalue weighted by Crippen LogP contribution is 2.33. The molecule has 4 rings (SSSR count). The van der Waals surface area contributed by atoms with Gasteiger partial charge in [-0.25, -0.2) is 0 Å². The smallest absolute Gasteiger partial charge is 0.243 e. The maximum absolute atomic E-state index is 13.7. The quantitative estimate of drug-likeness (QED) is 0.224. The molecule has 0 aromatic heterocycles. The lowest BCUT2D eigenvalue weighted by molar-refractivity contribution is -0.133. The molecule has 0 unspecified atom stereocenters. The molecule has 1 fully saturated rings. The third-order valence-electron chi connectivity index (χ3n) is 8.03. The molecule has 10 nitrogen and oxygen atoms in total. The van der Waals surface area contributed by atoms with Crippen LogP contribution in [-0.4, -0.2) is 61.4 Å². The first kappa shape index (κ1) is 32.0. The normalized spacial score (nSPS) is 22.7. The number of aryl methyl sites for hydroxylation is 2. The fourth-order valence-electron chi connectivity index (χ4n) is 5.39. The molecule has 3 amide bonds. The Kier molecular flexibility index (Phi) is 11.2. The van der Waals surface area contributed by atoms with Crippen LogP contribution < -0.4 is 31.7 Å². The van der Waals surface area contributed by atoms with Gasteiger partial charge < -0.3 is 31.7 Å². The molecule has 232 valence electrons. The molecule has 0 saturated heterocycles. The van der Waals surface area contributed by atoms with Gasteiger partial charge >= 0.3 is 0 Å². The summed E-state index contributed by atoms with van der Waals surface area (Å²) in [5.41, 5.74) is 9.34. The number of carbonyl (C=O) groups excluding carboxylic acids is 3. The van der Waals surface area contributed by atoms with Crippen LogP contribution in [0.3, 0.4) is 0 Å². The fourth-order valence-corrected chi connectivity index (χ4v) is 5.39. The molecule has 7 N–H and O–H groups in total. The van der Waals surface area contributed by atoms with Crippen molar-refractivity contribution in [2.75, 3.05) is 19.7 Å². The SMILES string of the molecule is Cc1cccc(C[C@H]2NCCOc3ccc(C(=N)N)cc3CCCNC(=O)[C@H](CC3CC3)NC(=O)[C@@H](C(C)C)NC2=O)c1. The van der Waals surface area contributed by atoms with E-state index in [1.807, 2.05) is 57.2 Å². The van der Waals surface area contributed by atoms with Crippen LogP contribution in [0, 0.1) is 24.2 Å². The molecule has 43 heavy (non-hydrogen) atoms. The molecule has 2 aromatic carbocycles. The number of amidine groups is 1. The molecule has 10 heteroatoms. The summed E-state index contributed by atoms with van der Waals surface area (Å²) in [6.07, 6.45) is 4.36. The van der Waals surface area contributed by atoms with Crippen LogP contribution >= 0.6 is 0 Å². The Morgan fingerprint density at radius 1 is 1.00 bits per heavy atom. The molecule has 0 bridgehead atoms. The lowest BCUT2D eigenvalue weighted by Crippen LogP contribution is -2.58. The van der Waals surface area contributed by atoms with Gasteiger partial charge in [-0.15, -0.1) is 0 Å². The van der Waals surface area contributed by atoms with E-state index in [2.05, 4.69) is 21.3 Å². The van der Waals surface area contributed by atoms with E-state index < -0.39 is 18.1 Å². The minimum Gasteiger partial charge on any atom is -0.492 e. The van der Waals surface area contributed by atoms with Gasteiger partial charge in [0.15, 0.2) is 0 Å². The Labute approximate surface area is 254 Å². The van der Waals surface area contributed by atoms with Gasteiger partial charge in [0, 0.05) is 18.7 Å². The predicted octanol–water partition coefficient (Wildman–Crippen LogP) is 2.35. The summed E-state index contributed by atoms with van der Waals surface area (Å²) in [5, 5.41) is 20.1. The minimum atomic E-state index is -0.790. The molecule has 0 radical (unpaired) electrons. The van der Waals surface area contributed by atoms with Gasteiger partial charge in [-0.3, -0.25) is 19.8 Å². The number of amides is 3. The predicted molar refractivity (Wildman–Crippen MR) is 167 cm³/mol. The van der Waals surface area contributed by atoms with Gasteiger partial charge in [0.2, 0.25) is 17.7 Å². The van der Waals surface area contributed by atoms with Crippen molar-refractivity contribution in [3.8, 4) is 5.75 Å². The molecule has 1 heterocycles. The van der Waals surface area contributed by atoms with Crippen molar-refractivity contribution in [3.05, 3.63) is 64.7 Å². The molecular weight excluding hydrogens is 544 g/mol. The van der Waals surface area contributed by atoms with E-state index in [1.165, 1.54) is 0 Å². The average Bonchev–Trinajstić information content (AvgIpc) is 3.78. The van der Waals surface area contributed by atoms with E-state index in [0.717, 1.165) is 29.5 Å². The average molecular weight is 591 g/mol. The van der Waals surface area contributed by atoms with Crippen molar-refractivity contribution in [1.82, 2.24) is 21.3 Å². The van der Waals surface area contributed by atoms with Crippen molar-refractivity contribution < 1.29 is 19.1 Å². The molecule has 1 saturated carbocycles. The van der Waals surface area contributed by atoms with Gasteiger partial charge in [-0.1, -0.05) is 56.5 Å². The number of carbonyl (C=O) groups is 3. The summed E-state index contributed by atoms with van der Waals surface area (Å²) in [7, 11) is 0. The molecule has 2 aliphatic rings. The third kappa shape index (κ3) is 9.54. The second-order valence-corrected chi connectivity index (χ2v) is 12.1. The van der Waals surface area contributed by atoms with Crippen molar-refractivity contribution in [2.45, 2.75) is 77.4 Å². The van der Waals surface area contributed by atoms with Gasteiger partial charge in [0.05, 0.1) is 6.04 Å². The van der Waals surface area contributed by atoms with Crippen LogP contribution in [0.2, 0.25) is 0 Å². The van der Waals surface area contributed by atoms with E-state index in [4.69, 9.17) is 15.9 Å². The number of benzene rings is 2. The number of fused-ring (bicyclic) bond motifs is 1. The van der Waals surface area contributed by atoms with Crippen LogP contribution in [0.25, 0.3) is 0 Å². The maximum Gasteiger partial charge on any atom is 0.243 e. The van der Waals surface area contributed by atoms with Crippen LogP contribution in [-0.2, 0) is 27.2 Å². The highest BCUT2D eigenvalue weighted by atomic mass is 16.5. The number of nitrogen functional groups attached to an aromatic ring is 1. The Morgan fingerprint density at radius 3 is 2.49 bits per heavy atom. The lowest BCUT2D eigenvalue weighted by Gasteiger charge is -2.28. The zero-order valence-electron chi connectivity index (χ0n) is 25.5. The van der Waals surface area contributed by atoms with Crippen molar-refractivity contribution in [2.24, 2.45) is 17.6 Å². The number of ether oxygens (including phenoxy) is 1. The fraction of sp³-hybridized carbons (Fsp3) is 0.515. The first-order chi connectivity index (χ1) is 20.6. The number of nitrogens with one attached hydrogen (secondary N) is 5. The standard InChI is InChI=1S/C33H46N6O4/c1-20(2)29-33(42)38-27(17-22-9-10-22)31(40)37-13-5-8-24-19-25(30(34)35)11-12-28(24)43-15-14-36-26(32(41)39-29)18-23-7-4-6-21(3)16-23/h4,6-7,11-12,16,19-20,22,26-27,29,36H,5,8-10,13-15,17-18H2,1-3H3,(H3,34,35)(H,37,40)(H,38,42)(H,39,41)/t26-,27+,29-/m1/s1. The van der Waals surface area contributed by atoms with E-state index in [9.17, 15) is 14.4 Å². The first-order valence-corrected chi connectivity index (χ1v) is 15.4. The summed E-state index contributed by atoms with van der Waals surface area (Å²) in [5.74, 6) is 0.0256.